The lowest BCUT2D eigenvalue weighted by molar-refractivity contribution is -0.140. The summed E-state index contributed by atoms with van der Waals surface area (Å²) in [4.78, 5) is 30.0. The molecule has 1 atom stereocenters. The standard InChI is InChI=1S/C37H43N3O6S/c1-6-22-38-37(42)33(23-29-13-8-7-9-14-29)39(25-30-15-11-10-12-28(30)3)36(41)26-40(31-18-21-34(45-4)35(24-31)46-5)47(43,44)32-19-16-27(2)17-20-32/h7-21,24,33H,6,22-23,25-26H2,1-5H3,(H,38,42). The third-order valence-electron chi connectivity index (χ3n) is 7.97. The van der Waals surface area contributed by atoms with Crippen LogP contribution in [0.15, 0.2) is 102 Å². The number of nitrogens with zero attached hydrogens (tertiary/aromatic N) is 2. The van der Waals surface area contributed by atoms with Gasteiger partial charge < -0.3 is 19.7 Å². The lowest BCUT2D eigenvalue weighted by atomic mass is 10.0. The average Bonchev–Trinajstić information content (AvgIpc) is 3.08. The van der Waals surface area contributed by atoms with Gasteiger partial charge in [0.25, 0.3) is 10.0 Å². The monoisotopic (exact) mass is 657 g/mol. The maximum Gasteiger partial charge on any atom is 0.264 e. The fraction of sp³-hybridized carbons (Fsp3) is 0.297. The number of benzene rings is 4. The molecule has 10 heteroatoms. The predicted molar refractivity (Wildman–Crippen MR) is 184 cm³/mol. The summed E-state index contributed by atoms with van der Waals surface area (Å²) in [6, 6.07) is 27.4. The molecule has 47 heavy (non-hydrogen) atoms. The normalized spacial score (nSPS) is 11.8. The zero-order chi connectivity index (χ0) is 34.0. The van der Waals surface area contributed by atoms with Gasteiger partial charge in [-0.3, -0.25) is 13.9 Å². The van der Waals surface area contributed by atoms with E-state index < -0.39 is 28.5 Å². The number of ether oxygens (including phenoxy) is 2. The van der Waals surface area contributed by atoms with Gasteiger partial charge in [-0.1, -0.05) is 79.2 Å². The van der Waals surface area contributed by atoms with Crippen molar-refractivity contribution in [3.63, 3.8) is 0 Å². The first-order valence-electron chi connectivity index (χ1n) is 15.6. The summed E-state index contributed by atoms with van der Waals surface area (Å²) < 4.78 is 40.6. The topological polar surface area (TPSA) is 105 Å². The van der Waals surface area contributed by atoms with Crippen molar-refractivity contribution in [3.8, 4) is 11.5 Å². The molecule has 4 aromatic rings. The number of nitrogens with one attached hydrogen (secondary N) is 1. The van der Waals surface area contributed by atoms with E-state index in [0.29, 0.717) is 18.0 Å². The van der Waals surface area contributed by atoms with Crippen LogP contribution in [0.2, 0.25) is 0 Å². The maximum absolute atomic E-state index is 14.6. The first kappa shape index (κ1) is 35.0. The van der Waals surface area contributed by atoms with Gasteiger partial charge >= 0.3 is 0 Å². The van der Waals surface area contributed by atoms with Crippen LogP contribution in [0.1, 0.15) is 35.6 Å². The molecular formula is C37H43N3O6S. The van der Waals surface area contributed by atoms with E-state index in [2.05, 4.69) is 5.32 Å². The van der Waals surface area contributed by atoms with Gasteiger partial charge in [-0.15, -0.1) is 0 Å². The van der Waals surface area contributed by atoms with Gasteiger partial charge in [-0.25, -0.2) is 8.42 Å². The lowest BCUT2D eigenvalue weighted by Crippen LogP contribution is -2.53. The van der Waals surface area contributed by atoms with Crippen LogP contribution in [-0.4, -0.2) is 58.5 Å². The summed E-state index contributed by atoms with van der Waals surface area (Å²) in [5.41, 5.74) is 3.77. The first-order chi connectivity index (χ1) is 22.6. The van der Waals surface area contributed by atoms with E-state index in [-0.39, 0.29) is 29.5 Å². The van der Waals surface area contributed by atoms with Crippen molar-refractivity contribution in [1.82, 2.24) is 10.2 Å². The van der Waals surface area contributed by atoms with Crippen molar-refractivity contribution in [1.29, 1.82) is 0 Å². The number of anilines is 1. The van der Waals surface area contributed by atoms with E-state index in [1.807, 2.05) is 75.4 Å². The second-order valence-corrected chi connectivity index (χ2v) is 13.2. The Morgan fingerprint density at radius 3 is 2.13 bits per heavy atom. The van der Waals surface area contributed by atoms with Gasteiger partial charge in [0.05, 0.1) is 24.8 Å². The molecule has 2 amide bonds. The third kappa shape index (κ3) is 8.71. The maximum atomic E-state index is 14.6. The number of rotatable bonds is 15. The Kier molecular flexibility index (Phi) is 12.0. The molecule has 4 aromatic carbocycles. The second-order valence-electron chi connectivity index (χ2n) is 11.3. The van der Waals surface area contributed by atoms with Crippen LogP contribution in [0.5, 0.6) is 11.5 Å². The molecular weight excluding hydrogens is 614 g/mol. The van der Waals surface area contributed by atoms with E-state index in [1.54, 1.807) is 24.3 Å². The average molecular weight is 658 g/mol. The molecule has 0 aromatic heterocycles. The molecule has 0 spiro atoms. The quantitative estimate of drug-likeness (QED) is 0.176. The van der Waals surface area contributed by atoms with Gasteiger partial charge in [-0.05, 0) is 61.2 Å². The van der Waals surface area contributed by atoms with Crippen LogP contribution < -0.4 is 19.1 Å². The van der Waals surface area contributed by atoms with Crippen molar-refractivity contribution < 1.29 is 27.5 Å². The second kappa shape index (κ2) is 16.1. The molecule has 0 aliphatic rings. The summed E-state index contributed by atoms with van der Waals surface area (Å²) in [6.07, 6.45) is 0.965. The fourth-order valence-electron chi connectivity index (χ4n) is 5.24. The van der Waals surface area contributed by atoms with Crippen LogP contribution >= 0.6 is 0 Å². The zero-order valence-electron chi connectivity index (χ0n) is 27.6. The van der Waals surface area contributed by atoms with Crippen molar-refractivity contribution >= 4 is 27.5 Å². The Hall–Kier alpha value is -4.83. The van der Waals surface area contributed by atoms with Crippen molar-refractivity contribution in [2.75, 3.05) is 31.6 Å². The predicted octanol–water partition coefficient (Wildman–Crippen LogP) is 5.68. The highest BCUT2D eigenvalue weighted by Gasteiger charge is 2.35. The molecule has 0 aliphatic carbocycles. The largest absolute Gasteiger partial charge is 0.493 e. The number of aryl methyl sites for hydroxylation is 2. The Labute approximate surface area is 278 Å². The molecule has 0 bridgehead atoms. The third-order valence-corrected chi connectivity index (χ3v) is 9.75. The molecule has 1 unspecified atom stereocenters. The smallest absolute Gasteiger partial charge is 0.264 e. The molecule has 0 aliphatic heterocycles. The number of sulfonamides is 1. The SMILES string of the molecule is CCCNC(=O)C(Cc1ccccc1)N(Cc1ccccc1C)C(=O)CN(c1ccc(OC)c(OC)c1)S(=O)(=O)c1ccc(C)cc1. The Morgan fingerprint density at radius 1 is 0.830 bits per heavy atom. The highest BCUT2D eigenvalue weighted by atomic mass is 32.2. The molecule has 4 rings (SSSR count). The van der Waals surface area contributed by atoms with Crippen LogP contribution in [0.3, 0.4) is 0 Å². The first-order valence-corrected chi connectivity index (χ1v) is 17.0. The number of carbonyl (C=O) groups is 2. The summed E-state index contributed by atoms with van der Waals surface area (Å²) >= 11 is 0. The molecule has 0 fully saturated rings. The van der Waals surface area contributed by atoms with E-state index in [1.165, 1.54) is 37.3 Å². The van der Waals surface area contributed by atoms with Gasteiger partial charge in [0, 0.05) is 25.6 Å². The molecule has 9 nitrogen and oxygen atoms in total. The van der Waals surface area contributed by atoms with Crippen LogP contribution in [0.4, 0.5) is 5.69 Å². The van der Waals surface area contributed by atoms with E-state index in [4.69, 9.17) is 9.47 Å². The Balaban J connectivity index is 1.84. The van der Waals surface area contributed by atoms with Crippen LogP contribution in [-0.2, 0) is 32.6 Å². The summed E-state index contributed by atoms with van der Waals surface area (Å²) in [6.45, 7) is 5.75. The molecule has 0 radical (unpaired) electrons. The number of hydrogen-bond acceptors (Lipinski definition) is 6. The van der Waals surface area contributed by atoms with Gasteiger partial charge in [0.15, 0.2) is 11.5 Å². The molecule has 0 heterocycles. The number of hydrogen-bond donors (Lipinski definition) is 1. The zero-order valence-corrected chi connectivity index (χ0v) is 28.4. The minimum Gasteiger partial charge on any atom is -0.493 e. The van der Waals surface area contributed by atoms with E-state index >= 15 is 0 Å². The highest BCUT2D eigenvalue weighted by Crippen LogP contribution is 2.34. The number of methoxy groups -OCH3 is 2. The minimum absolute atomic E-state index is 0.0256. The van der Waals surface area contributed by atoms with E-state index in [9.17, 15) is 18.0 Å². The van der Waals surface area contributed by atoms with Gasteiger partial charge in [-0.2, -0.15) is 0 Å². The summed E-state index contributed by atoms with van der Waals surface area (Å²) in [5.74, 6) is -0.130. The van der Waals surface area contributed by atoms with Gasteiger partial charge in [0.1, 0.15) is 12.6 Å². The van der Waals surface area contributed by atoms with Gasteiger partial charge in [0.2, 0.25) is 11.8 Å². The Morgan fingerprint density at radius 2 is 1.49 bits per heavy atom. The fourth-order valence-corrected chi connectivity index (χ4v) is 6.64. The number of amides is 2. The number of carbonyl (C=O) groups excluding carboxylic acids is 2. The summed E-state index contributed by atoms with van der Waals surface area (Å²) in [5, 5.41) is 2.97. The lowest BCUT2D eigenvalue weighted by Gasteiger charge is -2.34. The Bertz CT molecular complexity index is 1760. The molecule has 1 N–H and O–H groups in total. The minimum atomic E-state index is -4.26. The highest BCUT2D eigenvalue weighted by molar-refractivity contribution is 7.92. The van der Waals surface area contributed by atoms with Crippen LogP contribution in [0, 0.1) is 13.8 Å². The summed E-state index contributed by atoms with van der Waals surface area (Å²) in [7, 11) is -1.31. The van der Waals surface area contributed by atoms with E-state index in [0.717, 1.165) is 33.0 Å². The van der Waals surface area contributed by atoms with Crippen molar-refractivity contribution in [2.24, 2.45) is 0 Å². The molecule has 248 valence electrons. The van der Waals surface area contributed by atoms with Crippen molar-refractivity contribution in [2.45, 2.75) is 51.1 Å². The molecule has 0 saturated heterocycles. The van der Waals surface area contributed by atoms with Crippen molar-refractivity contribution in [3.05, 3.63) is 119 Å². The molecule has 0 saturated carbocycles. The van der Waals surface area contributed by atoms with Crippen LogP contribution in [0.25, 0.3) is 0 Å².